The number of benzene rings is 1. The third-order valence-corrected chi connectivity index (χ3v) is 5.44. The molecule has 1 aromatic carbocycles. The van der Waals surface area contributed by atoms with Crippen molar-refractivity contribution in [3.05, 3.63) is 35.4 Å². The number of aliphatic hydroxyl groups excluding tert-OH is 1. The predicted molar refractivity (Wildman–Crippen MR) is 96.1 cm³/mol. The zero-order chi connectivity index (χ0) is 16.8. The van der Waals surface area contributed by atoms with E-state index in [0.717, 1.165) is 17.9 Å². The van der Waals surface area contributed by atoms with Crippen molar-refractivity contribution in [2.24, 2.45) is 5.92 Å². The van der Waals surface area contributed by atoms with Crippen molar-refractivity contribution in [3.8, 4) is 0 Å². The van der Waals surface area contributed by atoms with Gasteiger partial charge in [0, 0.05) is 18.7 Å². The van der Waals surface area contributed by atoms with Crippen LogP contribution in [-0.2, 0) is 6.42 Å². The highest BCUT2D eigenvalue weighted by molar-refractivity contribution is 5.94. The van der Waals surface area contributed by atoms with Crippen LogP contribution >= 0.6 is 0 Å². The molecule has 0 saturated carbocycles. The van der Waals surface area contributed by atoms with E-state index in [9.17, 15) is 9.90 Å². The van der Waals surface area contributed by atoms with E-state index in [1.165, 1.54) is 50.8 Å². The Morgan fingerprint density at radius 2 is 1.88 bits per heavy atom. The molecule has 2 saturated heterocycles. The Balaban J connectivity index is 1.40. The van der Waals surface area contributed by atoms with Crippen LogP contribution in [0.2, 0.25) is 0 Å². The number of unbranched alkanes of at least 4 members (excludes halogenated alkanes) is 1. The Morgan fingerprint density at radius 1 is 1.12 bits per heavy atom. The molecular formula is C20H30N2O2. The van der Waals surface area contributed by atoms with Crippen molar-refractivity contribution >= 4 is 5.91 Å². The second-order valence-corrected chi connectivity index (χ2v) is 7.33. The molecule has 0 spiro atoms. The van der Waals surface area contributed by atoms with Gasteiger partial charge in [0.2, 0.25) is 0 Å². The molecule has 2 fully saturated rings. The number of nitrogens with one attached hydrogen (secondary N) is 1. The van der Waals surface area contributed by atoms with Crippen molar-refractivity contribution in [2.75, 3.05) is 26.2 Å². The first kappa shape index (κ1) is 17.4. The first-order valence-corrected chi connectivity index (χ1v) is 9.49. The molecular weight excluding hydrogens is 300 g/mol. The number of nitrogens with zero attached hydrogens (tertiary/aromatic N) is 1. The summed E-state index contributed by atoms with van der Waals surface area (Å²) in [5.41, 5.74) is 2.06. The second kappa shape index (κ2) is 8.63. The Morgan fingerprint density at radius 3 is 2.54 bits per heavy atom. The summed E-state index contributed by atoms with van der Waals surface area (Å²) in [7, 11) is 0. The third-order valence-electron chi connectivity index (χ3n) is 5.44. The Bertz CT molecular complexity index is 523. The molecule has 2 aliphatic heterocycles. The summed E-state index contributed by atoms with van der Waals surface area (Å²) >= 11 is 0. The molecule has 2 aliphatic rings. The van der Waals surface area contributed by atoms with Gasteiger partial charge in [0.1, 0.15) is 0 Å². The highest BCUT2D eigenvalue weighted by Gasteiger charge is 2.25. The fraction of sp³-hybridized carbons (Fsp3) is 0.650. The van der Waals surface area contributed by atoms with Crippen LogP contribution in [0.15, 0.2) is 24.3 Å². The number of rotatable bonds is 6. The number of aryl methyl sites for hydroxylation is 1. The van der Waals surface area contributed by atoms with E-state index in [2.05, 4.69) is 17.4 Å². The summed E-state index contributed by atoms with van der Waals surface area (Å²) in [6.07, 6.45) is 8.00. The molecule has 3 rings (SSSR count). The van der Waals surface area contributed by atoms with Crippen LogP contribution in [0.1, 0.15) is 54.4 Å². The van der Waals surface area contributed by atoms with Gasteiger partial charge in [-0.1, -0.05) is 25.0 Å². The van der Waals surface area contributed by atoms with Gasteiger partial charge in [0.05, 0.1) is 6.10 Å². The van der Waals surface area contributed by atoms with Crippen LogP contribution in [0, 0.1) is 5.92 Å². The number of carbonyl (C=O) groups is 1. The van der Waals surface area contributed by atoms with Crippen LogP contribution in [0.5, 0.6) is 0 Å². The van der Waals surface area contributed by atoms with Crippen molar-refractivity contribution < 1.29 is 9.90 Å². The average Bonchev–Trinajstić information content (AvgIpc) is 3.06. The lowest BCUT2D eigenvalue weighted by Crippen LogP contribution is -2.29. The Hall–Kier alpha value is -1.39. The number of amides is 1. The standard InChI is InChI=1S/C20H30N2O2/c23-19-11-14-22(15-19)20(24)18-7-5-16(6-8-18)3-1-2-4-17-9-12-21-13-10-17/h5-8,17,19,21,23H,1-4,9-15H2/t19-/m1/s1. The molecule has 132 valence electrons. The van der Waals surface area contributed by atoms with Crippen LogP contribution in [0.25, 0.3) is 0 Å². The van der Waals surface area contributed by atoms with E-state index in [0.29, 0.717) is 19.5 Å². The molecule has 0 bridgehead atoms. The highest BCUT2D eigenvalue weighted by atomic mass is 16.3. The summed E-state index contributed by atoms with van der Waals surface area (Å²) in [5, 5.41) is 13.0. The molecule has 24 heavy (non-hydrogen) atoms. The van der Waals surface area contributed by atoms with Gasteiger partial charge < -0.3 is 15.3 Å². The minimum absolute atomic E-state index is 0.0454. The summed E-state index contributed by atoms with van der Waals surface area (Å²) in [4.78, 5) is 14.1. The number of aliphatic hydroxyl groups is 1. The van der Waals surface area contributed by atoms with E-state index in [-0.39, 0.29) is 12.0 Å². The van der Waals surface area contributed by atoms with Crippen LogP contribution in [0.3, 0.4) is 0 Å². The molecule has 4 nitrogen and oxygen atoms in total. The first-order valence-electron chi connectivity index (χ1n) is 9.49. The smallest absolute Gasteiger partial charge is 0.253 e. The maximum atomic E-state index is 12.3. The molecule has 2 N–H and O–H groups in total. The van der Waals surface area contributed by atoms with E-state index in [1.54, 1.807) is 4.90 Å². The average molecular weight is 330 g/mol. The molecule has 1 amide bonds. The zero-order valence-corrected chi connectivity index (χ0v) is 14.5. The van der Waals surface area contributed by atoms with Crippen molar-refractivity contribution in [2.45, 2.75) is 51.0 Å². The van der Waals surface area contributed by atoms with Gasteiger partial charge in [0.15, 0.2) is 0 Å². The van der Waals surface area contributed by atoms with Gasteiger partial charge in [-0.25, -0.2) is 0 Å². The van der Waals surface area contributed by atoms with Gasteiger partial charge in [-0.15, -0.1) is 0 Å². The number of hydrogen-bond donors (Lipinski definition) is 2. The van der Waals surface area contributed by atoms with Crippen molar-refractivity contribution in [1.29, 1.82) is 0 Å². The largest absolute Gasteiger partial charge is 0.391 e. The fourth-order valence-corrected chi connectivity index (χ4v) is 3.86. The van der Waals surface area contributed by atoms with Crippen molar-refractivity contribution in [3.63, 3.8) is 0 Å². The maximum absolute atomic E-state index is 12.3. The monoisotopic (exact) mass is 330 g/mol. The van der Waals surface area contributed by atoms with E-state index in [4.69, 9.17) is 0 Å². The van der Waals surface area contributed by atoms with E-state index < -0.39 is 0 Å². The number of β-amino-alcohol motifs (C(OH)–C–C–N with tert-alkyl or cyclic N) is 1. The van der Waals surface area contributed by atoms with E-state index in [1.807, 2.05) is 12.1 Å². The molecule has 4 heteroatoms. The quantitative estimate of drug-likeness (QED) is 0.788. The Labute approximate surface area is 145 Å². The van der Waals surface area contributed by atoms with Crippen LogP contribution < -0.4 is 5.32 Å². The van der Waals surface area contributed by atoms with Gasteiger partial charge in [-0.05, 0) is 68.8 Å². The third kappa shape index (κ3) is 4.81. The maximum Gasteiger partial charge on any atom is 0.253 e. The topological polar surface area (TPSA) is 52.6 Å². The molecule has 0 unspecified atom stereocenters. The minimum atomic E-state index is -0.354. The summed E-state index contributed by atoms with van der Waals surface area (Å²) in [6, 6.07) is 8.05. The molecule has 1 atom stereocenters. The number of piperidine rings is 1. The van der Waals surface area contributed by atoms with Gasteiger partial charge >= 0.3 is 0 Å². The second-order valence-electron chi connectivity index (χ2n) is 7.33. The Kier molecular flexibility index (Phi) is 6.27. The molecule has 0 aromatic heterocycles. The molecule has 1 aromatic rings. The summed E-state index contributed by atoms with van der Waals surface area (Å²) in [6.45, 7) is 3.51. The fourth-order valence-electron chi connectivity index (χ4n) is 3.86. The lowest BCUT2D eigenvalue weighted by molar-refractivity contribution is 0.0765. The van der Waals surface area contributed by atoms with E-state index >= 15 is 0 Å². The van der Waals surface area contributed by atoms with Gasteiger partial charge in [0.25, 0.3) is 5.91 Å². The molecule has 2 heterocycles. The number of likely N-dealkylation sites (tertiary alicyclic amines) is 1. The normalized spacial score (nSPS) is 22.0. The van der Waals surface area contributed by atoms with Crippen LogP contribution in [0.4, 0.5) is 0 Å². The lowest BCUT2D eigenvalue weighted by atomic mass is 9.92. The summed E-state index contributed by atoms with van der Waals surface area (Å²) < 4.78 is 0. The molecule has 0 aliphatic carbocycles. The number of carbonyl (C=O) groups excluding carboxylic acids is 1. The van der Waals surface area contributed by atoms with Gasteiger partial charge in [-0.2, -0.15) is 0 Å². The zero-order valence-electron chi connectivity index (χ0n) is 14.5. The van der Waals surface area contributed by atoms with Crippen LogP contribution in [-0.4, -0.2) is 48.2 Å². The van der Waals surface area contributed by atoms with Gasteiger partial charge in [-0.3, -0.25) is 4.79 Å². The van der Waals surface area contributed by atoms with Crippen molar-refractivity contribution in [1.82, 2.24) is 10.2 Å². The summed E-state index contributed by atoms with van der Waals surface area (Å²) in [5.74, 6) is 0.964. The SMILES string of the molecule is O=C(c1ccc(CCCCC2CCNCC2)cc1)N1CC[C@@H](O)C1. The molecule has 0 radical (unpaired) electrons. The predicted octanol–water partition coefficient (Wildman–Crippen LogP) is 2.61. The highest BCUT2D eigenvalue weighted by Crippen LogP contribution is 2.20. The number of hydrogen-bond acceptors (Lipinski definition) is 3. The minimum Gasteiger partial charge on any atom is -0.391 e. The first-order chi connectivity index (χ1) is 11.7. The lowest BCUT2D eigenvalue weighted by Gasteiger charge is -2.22.